The van der Waals surface area contributed by atoms with Crippen molar-refractivity contribution in [2.75, 3.05) is 39.4 Å². The van der Waals surface area contributed by atoms with Gasteiger partial charge in [-0.25, -0.2) is 0 Å². The van der Waals surface area contributed by atoms with Crippen molar-refractivity contribution in [1.82, 2.24) is 10.2 Å². The van der Waals surface area contributed by atoms with Crippen LogP contribution in [0.4, 0.5) is 0 Å². The second-order valence-electron chi connectivity index (χ2n) is 4.84. The smallest absolute Gasteiger partial charge is 0.119 e. The molecule has 0 aliphatic carbocycles. The summed E-state index contributed by atoms with van der Waals surface area (Å²) in [6.45, 7) is 5.10. The Morgan fingerprint density at radius 2 is 1.95 bits per heavy atom. The molecule has 5 nitrogen and oxygen atoms in total. The van der Waals surface area contributed by atoms with E-state index in [0.29, 0.717) is 5.75 Å². The molecule has 2 heterocycles. The minimum atomic E-state index is 0.145. The summed E-state index contributed by atoms with van der Waals surface area (Å²) < 4.78 is 5.43. The van der Waals surface area contributed by atoms with Gasteiger partial charge in [0.25, 0.3) is 0 Å². The van der Waals surface area contributed by atoms with Gasteiger partial charge in [-0.05, 0) is 17.7 Å². The van der Waals surface area contributed by atoms with Crippen LogP contribution in [0, 0.1) is 0 Å². The molecule has 2 N–H and O–H groups in total. The van der Waals surface area contributed by atoms with Crippen LogP contribution in [0.15, 0.2) is 29.3 Å². The van der Waals surface area contributed by atoms with Crippen LogP contribution in [0.3, 0.4) is 0 Å². The highest BCUT2D eigenvalue weighted by Gasteiger charge is 2.28. The second kappa shape index (κ2) is 5.59. The number of ether oxygens (including phenoxy) is 1. The predicted octanol–water partition coefficient (Wildman–Crippen LogP) is 0.767. The third kappa shape index (κ3) is 2.72. The number of hydrogen-bond donors (Lipinski definition) is 2. The standard InChI is InChI=1S/C14H19N3O2/c18-12-3-1-11(2-4-12)13(14-15-5-6-16-14)17-7-9-19-10-8-17/h1-4,13,18H,5-10H2,(H,15,16). The van der Waals surface area contributed by atoms with Crippen LogP contribution in [0.2, 0.25) is 0 Å². The highest BCUT2D eigenvalue weighted by atomic mass is 16.5. The molecule has 1 unspecified atom stereocenters. The Bertz CT molecular complexity index is 452. The van der Waals surface area contributed by atoms with E-state index in [1.54, 1.807) is 12.1 Å². The fourth-order valence-corrected chi connectivity index (χ4v) is 2.63. The van der Waals surface area contributed by atoms with Crippen LogP contribution in [0.1, 0.15) is 11.6 Å². The zero-order chi connectivity index (χ0) is 13.1. The number of nitrogens with zero attached hydrogens (tertiary/aromatic N) is 2. The molecular formula is C14H19N3O2. The highest BCUT2D eigenvalue weighted by molar-refractivity contribution is 5.89. The number of aromatic hydroxyl groups is 1. The predicted molar refractivity (Wildman–Crippen MR) is 73.5 cm³/mol. The van der Waals surface area contributed by atoms with E-state index in [1.807, 2.05) is 12.1 Å². The van der Waals surface area contributed by atoms with Crippen LogP contribution in [0.5, 0.6) is 5.75 Å². The molecule has 0 aromatic heterocycles. The van der Waals surface area contributed by atoms with Crippen molar-refractivity contribution in [1.29, 1.82) is 0 Å². The summed E-state index contributed by atoms with van der Waals surface area (Å²) in [5.41, 5.74) is 1.16. The average Bonchev–Trinajstić information content (AvgIpc) is 2.96. The number of amidine groups is 1. The largest absolute Gasteiger partial charge is 0.508 e. The lowest BCUT2D eigenvalue weighted by Crippen LogP contribution is -2.44. The van der Waals surface area contributed by atoms with Crippen LogP contribution in [-0.2, 0) is 4.74 Å². The van der Waals surface area contributed by atoms with Gasteiger partial charge in [-0.15, -0.1) is 0 Å². The number of hydrogen-bond acceptors (Lipinski definition) is 5. The van der Waals surface area contributed by atoms with Crippen molar-refractivity contribution >= 4 is 5.84 Å². The van der Waals surface area contributed by atoms with Gasteiger partial charge in [0.05, 0.1) is 25.8 Å². The highest BCUT2D eigenvalue weighted by Crippen LogP contribution is 2.25. The maximum Gasteiger partial charge on any atom is 0.119 e. The first kappa shape index (κ1) is 12.4. The number of morpholine rings is 1. The molecule has 0 amide bonds. The molecule has 5 heteroatoms. The minimum Gasteiger partial charge on any atom is -0.508 e. The van der Waals surface area contributed by atoms with Gasteiger partial charge >= 0.3 is 0 Å². The third-order valence-corrected chi connectivity index (χ3v) is 3.58. The van der Waals surface area contributed by atoms with Crippen molar-refractivity contribution < 1.29 is 9.84 Å². The van der Waals surface area contributed by atoms with E-state index in [4.69, 9.17) is 4.74 Å². The maximum absolute atomic E-state index is 9.43. The molecule has 0 bridgehead atoms. The number of aliphatic imine (C=N–C) groups is 1. The van der Waals surface area contributed by atoms with Gasteiger partial charge < -0.3 is 15.2 Å². The maximum atomic E-state index is 9.43. The normalized spacial score (nSPS) is 21.8. The molecule has 2 aliphatic rings. The molecule has 2 aliphatic heterocycles. The second-order valence-corrected chi connectivity index (χ2v) is 4.84. The lowest BCUT2D eigenvalue weighted by Gasteiger charge is -2.34. The number of phenolic OH excluding ortho intramolecular Hbond substituents is 1. The first-order valence-electron chi connectivity index (χ1n) is 6.73. The summed E-state index contributed by atoms with van der Waals surface area (Å²) in [7, 11) is 0. The van der Waals surface area contributed by atoms with E-state index in [2.05, 4.69) is 15.2 Å². The minimum absolute atomic E-state index is 0.145. The topological polar surface area (TPSA) is 57.1 Å². The Kier molecular flexibility index (Phi) is 3.66. The van der Waals surface area contributed by atoms with Crippen molar-refractivity contribution in [2.45, 2.75) is 6.04 Å². The van der Waals surface area contributed by atoms with Crippen LogP contribution < -0.4 is 5.32 Å². The molecule has 0 spiro atoms. The van der Waals surface area contributed by atoms with Gasteiger partial charge in [-0.1, -0.05) is 12.1 Å². The fraction of sp³-hybridized carbons (Fsp3) is 0.500. The molecular weight excluding hydrogens is 242 g/mol. The Morgan fingerprint density at radius 3 is 2.58 bits per heavy atom. The molecule has 1 saturated heterocycles. The average molecular weight is 261 g/mol. The summed E-state index contributed by atoms with van der Waals surface area (Å²) in [4.78, 5) is 6.95. The molecule has 1 aromatic carbocycles. The van der Waals surface area contributed by atoms with Gasteiger partial charge in [0.2, 0.25) is 0 Å². The summed E-state index contributed by atoms with van der Waals surface area (Å²) in [5, 5.41) is 12.8. The molecule has 3 rings (SSSR count). The Labute approximate surface area is 112 Å². The molecule has 0 saturated carbocycles. The summed E-state index contributed by atoms with van der Waals surface area (Å²) >= 11 is 0. The van der Waals surface area contributed by atoms with E-state index in [9.17, 15) is 5.11 Å². The van der Waals surface area contributed by atoms with Gasteiger partial charge in [-0.3, -0.25) is 9.89 Å². The quantitative estimate of drug-likeness (QED) is 0.844. The van der Waals surface area contributed by atoms with E-state index in [0.717, 1.165) is 50.8 Å². The lowest BCUT2D eigenvalue weighted by atomic mass is 10.0. The summed E-state index contributed by atoms with van der Waals surface area (Å²) in [5.74, 6) is 1.33. The van der Waals surface area contributed by atoms with E-state index in [1.165, 1.54) is 0 Å². The Morgan fingerprint density at radius 1 is 1.21 bits per heavy atom. The van der Waals surface area contributed by atoms with E-state index < -0.39 is 0 Å². The van der Waals surface area contributed by atoms with Crippen molar-refractivity contribution in [3.05, 3.63) is 29.8 Å². The Balaban J connectivity index is 1.88. The fourth-order valence-electron chi connectivity index (χ4n) is 2.63. The first-order valence-corrected chi connectivity index (χ1v) is 6.73. The molecule has 1 fully saturated rings. The zero-order valence-electron chi connectivity index (χ0n) is 10.9. The lowest BCUT2D eigenvalue weighted by molar-refractivity contribution is 0.0282. The molecule has 1 aromatic rings. The number of nitrogens with one attached hydrogen (secondary N) is 1. The number of phenols is 1. The van der Waals surface area contributed by atoms with E-state index >= 15 is 0 Å². The summed E-state index contributed by atoms with van der Waals surface area (Å²) in [6, 6.07) is 7.55. The van der Waals surface area contributed by atoms with Crippen LogP contribution >= 0.6 is 0 Å². The van der Waals surface area contributed by atoms with Gasteiger partial charge in [-0.2, -0.15) is 0 Å². The van der Waals surface area contributed by atoms with Crippen molar-refractivity contribution in [3.8, 4) is 5.75 Å². The van der Waals surface area contributed by atoms with Gasteiger partial charge in [0, 0.05) is 19.6 Å². The molecule has 19 heavy (non-hydrogen) atoms. The molecule has 1 atom stereocenters. The third-order valence-electron chi connectivity index (χ3n) is 3.58. The van der Waals surface area contributed by atoms with Crippen molar-refractivity contribution in [3.63, 3.8) is 0 Å². The van der Waals surface area contributed by atoms with Crippen molar-refractivity contribution in [2.24, 2.45) is 4.99 Å². The monoisotopic (exact) mass is 261 g/mol. The number of rotatable bonds is 3. The van der Waals surface area contributed by atoms with Gasteiger partial charge in [0.15, 0.2) is 0 Å². The number of benzene rings is 1. The SMILES string of the molecule is Oc1ccc(C(C2=NCCN2)N2CCOCC2)cc1. The van der Waals surface area contributed by atoms with Crippen LogP contribution in [-0.4, -0.2) is 55.2 Å². The van der Waals surface area contributed by atoms with E-state index in [-0.39, 0.29) is 6.04 Å². The first-order chi connectivity index (χ1) is 9.34. The van der Waals surface area contributed by atoms with Crippen LogP contribution in [0.25, 0.3) is 0 Å². The van der Waals surface area contributed by atoms with Gasteiger partial charge in [0.1, 0.15) is 11.6 Å². The zero-order valence-corrected chi connectivity index (χ0v) is 10.9. The molecule has 102 valence electrons. The summed E-state index contributed by atoms with van der Waals surface area (Å²) in [6.07, 6.45) is 0. The molecule has 0 radical (unpaired) electrons. The Hall–Kier alpha value is -1.59.